The molecule has 1 heterocycles. The van der Waals surface area contributed by atoms with E-state index in [2.05, 4.69) is 10.7 Å². The molecule has 0 aliphatic heterocycles. The van der Waals surface area contributed by atoms with Crippen molar-refractivity contribution in [3.05, 3.63) is 32.1 Å². The Labute approximate surface area is 67.2 Å². The number of aryl methyl sites for hydroxylation is 1. The van der Waals surface area contributed by atoms with Crippen molar-refractivity contribution in [3.8, 4) is 0 Å². The van der Waals surface area contributed by atoms with Crippen molar-refractivity contribution in [1.29, 1.82) is 0 Å². The first-order chi connectivity index (χ1) is 5.52. The standard InChI is InChI=1S/C6H7N3O3/c1-3-2-4(7)5(9(11)12)8-6(3)10/h2H,7H2,1H3,(H,8,10)/p+1. The summed E-state index contributed by atoms with van der Waals surface area (Å²) in [5.41, 5.74) is 3.62. The third-order valence-corrected chi connectivity index (χ3v) is 1.47. The van der Waals surface area contributed by atoms with E-state index in [4.69, 9.17) is 0 Å². The molecule has 0 unspecified atom stereocenters. The van der Waals surface area contributed by atoms with Gasteiger partial charge in [-0.05, 0) is 11.8 Å². The van der Waals surface area contributed by atoms with Crippen molar-refractivity contribution in [3.63, 3.8) is 0 Å². The van der Waals surface area contributed by atoms with Crippen molar-refractivity contribution >= 4 is 11.5 Å². The van der Waals surface area contributed by atoms with E-state index in [-0.39, 0.29) is 11.5 Å². The molecule has 4 N–H and O–H groups in total. The summed E-state index contributed by atoms with van der Waals surface area (Å²) in [5.74, 6) is -0.342. The van der Waals surface area contributed by atoms with E-state index in [1.807, 2.05) is 0 Å². The highest BCUT2D eigenvalue weighted by molar-refractivity contribution is 5.45. The average molecular weight is 170 g/mol. The summed E-state index contributed by atoms with van der Waals surface area (Å²) in [7, 11) is 0. The molecular weight excluding hydrogens is 162 g/mol. The predicted octanol–water partition coefficient (Wildman–Crippen LogP) is -0.535. The van der Waals surface area contributed by atoms with Crippen molar-refractivity contribution in [1.82, 2.24) is 4.98 Å². The van der Waals surface area contributed by atoms with E-state index >= 15 is 0 Å². The molecule has 6 nitrogen and oxygen atoms in total. The minimum absolute atomic E-state index is 0.220. The lowest BCUT2D eigenvalue weighted by molar-refractivity contribution is -0.400. The van der Waals surface area contributed by atoms with Crippen LogP contribution in [0.3, 0.4) is 0 Å². The van der Waals surface area contributed by atoms with Crippen LogP contribution >= 0.6 is 0 Å². The summed E-state index contributed by atoms with van der Waals surface area (Å²) >= 11 is 0. The Morgan fingerprint density at radius 1 is 1.67 bits per heavy atom. The summed E-state index contributed by atoms with van der Waals surface area (Å²) < 4.78 is 0. The number of nitrogens with one attached hydrogen (secondary N) is 1. The van der Waals surface area contributed by atoms with Gasteiger partial charge >= 0.3 is 11.4 Å². The molecule has 0 fully saturated rings. The van der Waals surface area contributed by atoms with Crippen LogP contribution in [0.5, 0.6) is 0 Å². The largest absolute Gasteiger partial charge is 0.385 e. The third kappa shape index (κ3) is 1.32. The van der Waals surface area contributed by atoms with Crippen LogP contribution in [0.15, 0.2) is 10.9 Å². The number of aromatic amines is 1. The second-order valence-electron chi connectivity index (χ2n) is 2.41. The number of hydrogen-bond acceptors (Lipinski definition) is 3. The van der Waals surface area contributed by atoms with Gasteiger partial charge < -0.3 is 15.8 Å². The maximum absolute atomic E-state index is 10.9. The van der Waals surface area contributed by atoms with Crippen molar-refractivity contribution in [2.75, 3.05) is 0 Å². The Morgan fingerprint density at radius 3 is 2.75 bits per heavy atom. The van der Waals surface area contributed by atoms with Crippen LogP contribution in [0, 0.1) is 17.0 Å². The van der Waals surface area contributed by atoms with Crippen molar-refractivity contribution in [2.45, 2.75) is 6.92 Å². The van der Waals surface area contributed by atoms with Gasteiger partial charge in [-0.15, -0.1) is 0 Å². The molecule has 0 aliphatic rings. The Kier molecular flexibility index (Phi) is 1.92. The van der Waals surface area contributed by atoms with E-state index < -0.39 is 10.5 Å². The summed E-state index contributed by atoms with van der Waals surface area (Å²) in [6.07, 6.45) is 0. The van der Waals surface area contributed by atoms with E-state index in [9.17, 15) is 14.9 Å². The Bertz CT molecular complexity index is 382. The topological polar surface area (TPSA) is 104 Å². The minimum atomic E-state index is -0.664. The van der Waals surface area contributed by atoms with E-state index in [1.54, 1.807) is 6.92 Å². The molecule has 1 aromatic heterocycles. The van der Waals surface area contributed by atoms with Gasteiger partial charge in [0.2, 0.25) is 5.69 Å². The van der Waals surface area contributed by atoms with Gasteiger partial charge in [0.1, 0.15) is 0 Å². The first-order valence-corrected chi connectivity index (χ1v) is 3.22. The summed E-state index contributed by atoms with van der Waals surface area (Å²) in [6.45, 7) is 1.57. The molecule has 0 atom stereocenters. The molecule has 0 radical (unpaired) electrons. The molecule has 12 heavy (non-hydrogen) atoms. The van der Waals surface area contributed by atoms with Crippen molar-refractivity contribution < 1.29 is 10.7 Å². The Hall–Kier alpha value is -1.69. The molecule has 0 bridgehead atoms. The predicted molar refractivity (Wildman–Crippen MR) is 41.0 cm³/mol. The maximum Gasteiger partial charge on any atom is 0.385 e. The normalized spacial score (nSPS) is 9.83. The second kappa shape index (κ2) is 2.74. The molecule has 0 spiro atoms. The smallest absolute Gasteiger partial charge is 0.358 e. The number of pyridine rings is 1. The van der Waals surface area contributed by atoms with Gasteiger partial charge in [-0.3, -0.25) is 0 Å². The van der Waals surface area contributed by atoms with Crippen LogP contribution in [0.1, 0.15) is 5.56 Å². The molecule has 0 amide bonds. The molecule has 1 rings (SSSR count). The molecule has 64 valence electrons. The minimum Gasteiger partial charge on any atom is -0.358 e. The van der Waals surface area contributed by atoms with Gasteiger partial charge in [-0.25, -0.2) is 4.79 Å². The average Bonchev–Trinajstić information content (AvgIpc) is 1.96. The molecule has 0 aromatic carbocycles. The summed E-state index contributed by atoms with van der Waals surface area (Å²) in [5, 5.41) is 10.3. The fraction of sp³-hybridized carbons (Fsp3) is 0.167. The Balaban J connectivity index is 3.43. The van der Waals surface area contributed by atoms with Crippen LogP contribution in [0.25, 0.3) is 0 Å². The summed E-state index contributed by atoms with van der Waals surface area (Å²) in [6, 6.07) is 1.39. The van der Waals surface area contributed by atoms with Gasteiger partial charge in [0, 0.05) is 11.6 Å². The van der Waals surface area contributed by atoms with Gasteiger partial charge in [-0.1, -0.05) is 0 Å². The Morgan fingerprint density at radius 2 is 2.25 bits per heavy atom. The molecule has 0 saturated heterocycles. The molecule has 1 aromatic rings. The molecule has 0 aliphatic carbocycles. The van der Waals surface area contributed by atoms with Crippen LogP contribution in [-0.4, -0.2) is 9.91 Å². The second-order valence-corrected chi connectivity index (χ2v) is 2.41. The highest BCUT2D eigenvalue weighted by atomic mass is 16.6. The van der Waals surface area contributed by atoms with Gasteiger partial charge in [0.05, 0.1) is 0 Å². The quantitative estimate of drug-likeness (QED) is 0.437. The zero-order valence-corrected chi connectivity index (χ0v) is 6.46. The lowest BCUT2D eigenvalue weighted by Crippen LogP contribution is -2.42. The number of aromatic nitrogens is 1. The van der Waals surface area contributed by atoms with Gasteiger partial charge in [0.25, 0.3) is 0 Å². The fourth-order valence-electron chi connectivity index (χ4n) is 0.845. The number of nitro groups is 1. The highest BCUT2D eigenvalue weighted by Crippen LogP contribution is 2.13. The fourth-order valence-corrected chi connectivity index (χ4v) is 0.845. The van der Waals surface area contributed by atoms with E-state index in [1.165, 1.54) is 6.07 Å². The molecule has 0 saturated carbocycles. The lowest BCUT2D eigenvalue weighted by atomic mass is 10.3. The van der Waals surface area contributed by atoms with Crippen LogP contribution < -0.4 is 11.3 Å². The molecular formula is C6H8N3O3+. The number of rotatable bonds is 1. The first kappa shape index (κ1) is 8.41. The molecule has 6 heteroatoms. The number of H-pyrrole nitrogens is 1. The lowest BCUT2D eigenvalue weighted by Gasteiger charge is -1.94. The monoisotopic (exact) mass is 170 g/mol. The highest BCUT2D eigenvalue weighted by Gasteiger charge is 2.15. The summed E-state index contributed by atoms with van der Waals surface area (Å²) in [4.78, 5) is 22.7. The number of quaternary nitrogens is 1. The maximum atomic E-state index is 10.9. The zero-order valence-electron chi connectivity index (χ0n) is 6.46. The van der Waals surface area contributed by atoms with Gasteiger partial charge in [0.15, 0.2) is 0 Å². The van der Waals surface area contributed by atoms with Crippen LogP contribution in [-0.2, 0) is 0 Å². The zero-order chi connectivity index (χ0) is 9.30. The third-order valence-electron chi connectivity index (χ3n) is 1.47. The number of hydrogen-bond donors (Lipinski definition) is 2. The number of nitrogens with zero attached hydrogens (tertiary/aromatic N) is 1. The van der Waals surface area contributed by atoms with E-state index in [0.29, 0.717) is 5.56 Å². The van der Waals surface area contributed by atoms with Gasteiger partial charge in [-0.2, -0.15) is 4.98 Å². The van der Waals surface area contributed by atoms with Crippen LogP contribution in [0.4, 0.5) is 11.5 Å². The SMILES string of the molecule is Cc1cc([NH3+])c([N+](=O)[O-])[nH]c1=O. The van der Waals surface area contributed by atoms with Crippen LogP contribution in [0.2, 0.25) is 0 Å². The first-order valence-electron chi connectivity index (χ1n) is 3.22. The van der Waals surface area contributed by atoms with E-state index in [0.717, 1.165) is 0 Å². The van der Waals surface area contributed by atoms with Crippen molar-refractivity contribution in [2.24, 2.45) is 0 Å².